The van der Waals surface area contributed by atoms with Crippen LogP contribution in [0.4, 0.5) is 10.1 Å². The fraction of sp³-hybridized carbons (Fsp3) is 0.200. The van der Waals surface area contributed by atoms with E-state index in [0.29, 0.717) is 34.0 Å². The maximum Gasteiger partial charge on any atom is 0.258 e. The molecule has 2 heterocycles. The number of hydrogen-bond donors (Lipinski definition) is 0. The molecular weight excluding hydrogens is 432 g/mol. The van der Waals surface area contributed by atoms with Gasteiger partial charge in [-0.05, 0) is 24.3 Å². The summed E-state index contributed by atoms with van der Waals surface area (Å²) in [4.78, 5) is 19.4. The number of aromatic nitrogens is 1. The van der Waals surface area contributed by atoms with Crippen molar-refractivity contribution in [2.75, 3.05) is 17.6 Å². The summed E-state index contributed by atoms with van der Waals surface area (Å²) in [6.45, 7) is 0.487. The van der Waals surface area contributed by atoms with Gasteiger partial charge in [0.2, 0.25) is 0 Å². The highest BCUT2D eigenvalue weighted by Gasteiger charge is 2.36. The smallest absolute Gasteiger partial charge is 0.258 e. The Morgan fingerprint density at radius 3 is 2.90 bits per heavy atom. The molecule has 0 radical (unpaired) electrons. The average molecular weight is 450 g/mol. The molecule has 1 aliphatic rings. The lowest BCUT2D eigenvalue weighted by atomic mass is 10.0. The van der Waals surface area contributed by atoms with Gasteiger partial charge in [0.1, 0.15) is 11.3 Å². The summed E-state index contributed by atoms with van der Waals surface area (Å²) in [7, 11) is 4.15. The minimum atomic E-state index is -0.433. The van der Waals surface area contributed by atoms with E-state index < -0.39 is 5.82 Å². The van der Waals surface area contributed by atoms with Crippen LogP contribution < -0.4 is 8.83 Å². The molecule has 0 aliphatic carbocycles. The number of rotatable bonds is 5. The van der Waals surface area contributed by atoms with E-state index in [9.17, 15) is 9.18 Å². The second kappa shape index (κ2) is 7.98. The van der Waals surface area contributed by atoms with Gasteiger partial charge in [-0.2, -0.15) is 0 Å². The number of carbonyl (C=O) groups excluding carboxylic acids is 1. The molecule has 0 saturated heterocycles. The highest BCUT2D eigenvalue weighted by molar-refractivity contribution is 7.99. The number of hydrogen-bond acceptors (Lipinski definition) is 5. The molecule has 1 aromatic heterocycles. The Bertz CT molecular complexity index is 1130. The summed E-state index contributed by atoms with van der Waals surface area (Å²) in [5.41, 5.74) is 3.25. The second-order valence-corrected chi connectivity index (χ2v) is 8.21. The Hall–Kier alpha value is -2.08. The highest BCUT2D eigenvalue weighted by Crippen LogP contribution is 2.46. The summed E-state index contributed by atoms with van der Waals surface area (Å²) in [5.74, 6) is -0.227. The van der Waals surface area contributed by atoms with E-state index in [2.05, 4.69) is 14.5 Å². The molecule has 0 fully saturated rings. The van der Waals surface area contributed by atoms with Gasteiger partial charge in [-0.15, -0.1) is 0 Å². The Morgan fingerprint density at radius 1 is 1.41 bits per heavy atom. The Morgan fingerprint density at radius 2 is 2.21 bits per heavy atom. The first-order chi connectivity index (χ1) is 14.0. The number of pyridine rings is 1. The monoisotopic (exact) mass is 449 g/mol. The van der Waals surface area contributed by atoms with Crippen molar-refractivity contribution in [1.82, 2.24) is 9.88 Å². The van der Waals surface area contributed by atoms with E-state index in [4.69, 9.17) is 16.1 Å². The van der Waals surface area contributed by atoms with E-state index in [-0.39, 0.29) is 12.5 Å². The summed E-state index contributed by atoms with van der Waals surface area (Å²) in [6.07, 6.45) is 3.64. The summed E-state index contributed by atoms with van der Waals surface area (Å²) in [6, 6.07) is 8.30. The fourth-order valence-electron chi connectivity index (χ4n) is 3.66. The topological polar surface area (TPSA) is 45.7 Å². The lowest BCUT2D eigenvalue weighted by Gasteiger charge is -2.22. The SMILES string of the molecule is CSN(C)c1c2c(c(OP)c3ncccc13)C(=O)N(Cc1ccc(Cl)cc1F)C2. The van der Waals surface area contributed by atoms with Crippen molar-refractivity contribution in [2.45, 2.75) is 13.1 Å². The zero-order chi connectivity index (χ0) is 20.7. The number of benzene rings is 2. The van der Waals surface area contributed by atoms with Gasteiger partial charge in [0.15, 0.2) is 5.75 Å². The second-order valence-electron chi connectivity index (χ2n) is 6.63. The molecule has 2 aromatic carbocycles. The average Bonchev–Trinajstić information content (AvgIpc) is 3.03. The van der Waals surface area contributed by atoms with Crippen LogP contribution in [0.1, 0.15) is 21.5 Å². The number of nitrogens with zero attached hydrogens (tertiary/aromatic N) is 3. The van der Waals surface area contributed by atoms with Gasteiger partial charge in [-0.25, -0.2) is 4.39 Å². The number of halogens is 2. The van der Waals surface area contributed by atoms with Crippen molar-refractivity contribution in [1.29, 1.82) is 0 Å². The van der Waals surface area contributed by atoms with E-state index in [0.717, 1.165) is 16.6 Å². The molecule has 0 spiro atoms. The van der Waals surface area contributed by atoms with Crippen molar-refractivity contribution in [3.8, 4) is 5.75 Å². The molecule has 4 rings (SSSR count). The number of amides is 1. The molecule has 1 amide bonds. The fourth-order valence-corrected chi connectivity index (χ4v) is 4.44. The van der Waals surface area contributed by atoms with Crippen LogP contribution in [0.3, 0.4) is 0 Å². The van der Waals surface area contributed by atoms with Crippen LogP contribution in [0.15, 0.2) is 36.5 Å². The van der Waals surface area contributed by atoms with E-state index in [1.807, 2.05) is 29.7 Å². The van der Waals surface area contributed by atoms with Crippen molar-refractivity contribution in [3.63, 3.8) is 0 Å². The third-order valence-corrected chi connectivity index (χ3v) is 6.23. The molecule has 3 aromatic rings. The van der Waals surface area contributed by atoms with Crippen LogP contribution in [0.2, 0.25) is 5.02 Å². The van der Waals surface area contributed by atoms with Gasteiger partial charge in [-0.3, -0.25) is 9.78 Å². The normalized spacial score (nSPS) is 13.1. The van der Waals surface area contributed by atoms with Crippen molar-refractivity contribution in [3.05, 3.63) is 64.1 Å². The van der Waals surface area contributed by atoms with Crippen LogP contribution >= 0.6 is 33.0 Å². The summed E-state index contributed by atoms with van der Waals surface area (Å²) in [5, 5.41) is 1.22. The Labute approximate surface area is 179 Å². The third kappa shape index (κ3) is 3.41. The van der Waals surface area contributed by atoms with Crippen molar-refractivity contribution < 1.29 is 13.7 Å². The largest absolute Gasteiger partial charge is 0.477 e. The van der Waals surface area contributed by atoms with E-state index in [1.54, 1.807) is 23.2 Å². The molecule has 1 unspecified atom stereocenters. The van der Waals surface area contributed by atoms with Crippen molar-refractivity contribution >= 4 is 55.5 Å². The van der Waals surface area contributed by atoms with Gasteiger partial charge in [-0.1, -0.05) is 29.6 Å². The summed E-state index contributed by atoms with van der Waals surface area (Å²) < 4.78 is 21.9. The lowest BCUT2D eigenvalue weighted by Crippen LogP contribution is -2.24. The zero-order valence-corrected chi connectivity index (χ0v) is 18.5. The predicted octanol–water partition coefficient (Wildman–Crippen LogP) is 5.07. The van der Waals surface area contributed by atoms with Crippen LogP contribution in [-0.2, 0) is 13.1 Å². The van der Waals surface area contributed by atoms with E-state index in [1.165, 1.54) is 18.0 Å². The molecule has 0 saturated carbocycles. The minimum absolute atomic E-state index is 0.138. The molecule has 0 N–H and O–H groups in total. The minimum Gasteiger partial charge on any atom is -0.477 e. The first-order valence-corrected chi connectivity index (χ1v) is 10.8. The summed E-state index contributed by atoms with van der Waals surface area (Å²) >= 11 is 7.39. The molecule has 150 valence electrons. The zero-order valence-electron chi connectivity index (χ0n) is 15.8. The Kier molecular flexibility index (Phi) is 5.56. The molecule has 0 bridgehead atoms. The first kappa shape index (κ1) is 20.2. The Balaban J connectivity index is 1.86. The number of fused-ring (bicyclic) bond motifs is 2. The lowest BCUT2D eigenvalue weighted by molar-refractivity contribution is 0.0764. The highest BCUT2D eigenvalue weighted by atomic mass is 35.5. The third-order valence-electron chi connectivity index (χ3n) is 5.03. The first-order valence-electron chi connectivity index (χ1n) is 8.77. The van der Waals surface area contributed by atoms with Crippen LogP contribution in [0, 0.1) is 5.82 Å². The van der Waals surface area contributed by atoms with Gasteiger partial charge in [0.05, 0.1) is 20.7 Å². The van der Waals surface area contributed by atoms with Crippen molar-refractivity contribution in [2.24, 2.45) is 0 Å². The van der Waals surface area contributed by atoms with Gasteiger partial charge in [0.25, 0.3) is 5.91 Å². The standard InChI is InChI=1S/C20H18ClFN3O2PS/c1-24(29-2)18-13-4-3-7-23-17(13)19(27-28)16-14(18)10-25(20(16)26)9-11-5-6-12(21)8-15(11)22/h3-8H,9-10,28H2,1-2H3. The molecular formula is C20H18ClFN3O2PS. The molecule has 1 aliphatic heterocycles. The van der Waals surface area contributed by atoms with Gasteiger partial charge >= 0.3 is 0 Å². The van der Waals surface area contributed by atoms with Gasteiger partial charge in [0, 0.05) is 54.1 Å². The molecule has 9 heteroatoms. The van der Waals surface area contributed by atoms with E-state index >= 15 is 0 Å². The number of anilines is 1. The van der Waals surface area contributed by atoms with Crippen LogP contribution in [0.25, 0.3) is 10.9 Å². The van der Waals surface area contributed by atoms with Crippen LogP contribution in [0.5, 0.6) is 5.75 Å². The molecule has 29 heavy (non-hydrogen) atoms. The maximum atomic E-state index is 14.3. The molecule has 5 nitrogen and oxygen atoms in total. The van der Waals surface area contributed by atoms with Gasteiger partial charge < -0.3 is 13.7 Å². The predicted molar refractivity (Wildman–Crippen MR) is 119 cm³/mol. The quantitative estimate of drug-likeness (QED) is 0.402. The number of carbonyl (C=O) groups is 1. The molecule has 1 atom stereocenters. The van der Waals surface area contributed by atoms with Crippen LogP contribution in [-0.4, -0.2) is 29.1 Å². The maximum absolute atomic E-state index is 14.3.